The molecule has 2 rings (SSSR count). The minimum Gasteiger partial charge on any atom is -0.302 e. The summed E-state index contributed by atoms with van der Waals surface area (Å²) in [5.41, 5.74) is 0.943. The number of carbonyl (C=O) groups excluding carboxylic acids is 1. The lowest BCUT2D eigenvalue weighted by molar-refractivity contribution is -0.116. The van der Waals surface area contributed by atoms with Gasteiger partial charge >= 0.3 is 0 Å². The third-order valence-electron chi connectivity index (χ3n) is 6.39. The first-order valence-corrected chi connectivity index (χ1v) is 15.2. The molecule has 1 aromatic heterocycles. The summed E-state index contributed by atoms with van der Waals surface area (Å²) in [6, 6.07) is 7.96. The Hall–Kier alpha value is -2.30. The average Bonchev–Trinajstić information content (AvgIpc) is 3.29. The molecule has 0 radical (unpaired) electrons. The molecule has 0 saturated heterocycles. The Bertz CT molecular complexity index is 939. The van der Waals surface area contributed by atoms with E-state index < -0.39 is 0 Å². The predicted molar refractivity (Wildman–Crippen MR) is 157 cm³/mol. The summed E-state index contributed by atoms with van der Waals surface area (Å²) >= 11 is 1.53. The Morgan fingerprint density at radius 1 is 0.750 bits per heavy atom. The van der Waals surface area contributed by atoms with Crippen molar-refractivity contribution in [1.29, 1.82) is 0 Å². The summed E-state index contributed by atoms with van der Waals surface area (Å²) in [5, 5.41) is 3.64. The van der Waals surface area contributed by atoms with E-state index in [4.69, 9.17) is 0 Å². The minimum absolute atomic E-state index is 0.0682. The van der Waals surface area contributed by atoms with Crippen LogP contribution in [0.5, 0.6) is 0 Å². The maximum Gasteiger partial charge on any atom is 0.226 e. The molecule has 0 saturated carbocycles. The number of hydrogen-bond acceptors (Lipinski definition) is 3. The van der Waals surface area contributed by atoms with Gasteiger partial charge in [-0.05, 0) is 43.2 Å². The fourth-order valence-corrected chi connectivity index (χ4v) is 5.11. The highest BCUT2D eigenvalue weighted by Gasteiger charge is 2.07. The van der Waals surface area contributed by atoms with Crippen LogP contribution < -0.4 is 5.32 Å². The van der Waals surface area contributed by atoms with E-state index in [1.807, 2.05) is 24.3 Å². The van der Waals surface area contributed by atoms with Crippen molar-refractivity contribution in [3.8, 4) is 23.7 Å². The number of amides is 1. The molecule has 1 heterocycles. The van der Waals surface area contributed by atoms with Gasteiger partial charge in [-0.15, -0.1) is 0 Å². The van der Waals surface area contributed by atoms with Crippen LogP contribution in [0.25, 0.3) is 10.2 Å². The lowest BCUT2D eigenvalue weighted by Gasteiger charge is -2.02. The van der Waals surface area contributed by atoms with Crippen molar-refractivity contribution < 1.29 is 4.79 Å². The van der Waals surface area contributed by atoms with Crippen LogP contribution in [0.1, 0.15) is 129 Å². The predicted octanol–water partition coefficient (Wildman–Crippen LogP) is 9.67. The molecule has 0 spiro atoms. The first kappa shape index (κ1) is 29.9. The standard InChI is InChI=1S/C32H46N2OS/c1-2-3-4-5-6-7-8-9-10-11-12-13-14-15-16-17-18-19-20-21-22-23-28-31(35)34-32-33-29-26-24-25-27-30(29)36-32/h24-27H,2-12,17-23,28H2,1H3,(H,33,34,35). The second kappa shape index (κ2) is 20.8. The highest BCUT2D eigenvalue weighted by molar-refractivity contribution is 7.22. The largest absolute Gasteiger partial charge is 0.302 e. The van der Waals surface area contributed by atoms with Crippen LogP contribution in [-0.2, 0) is 4.79 Å². The number of unbranched alkanes of at least 4 members (excludes halogenated alkanes) is 16. The molecule has 0 aliphatic heterocycles. The van der Waals surface area contributed by atoms with E-state index in [9.17, 15) is 4.79 Å². The van der Waals surface area contributed by atoms with Crippen LogP contribution in [-0.4, -0.2) is 10.9 Å². The number of nitrogens with zero attached hydrogens (tertiary/aromatic N) is 1. The average molecular weight is 507 g/mol. The number of thiazole rings is 1. The summed E-state index contributed by atoms with van der Waals surface area (Å²) in [6.07, 6.45) is 23.0. The lowest BCUT2D eigenvalue weighted by atomic mass is 10.1. The maximum absolute atomic E-state index is 12.1. The van der Waals surface area contributed by atoms with Gasteiger partial charge < -0.3 is 5.32 Å². The van der Waals surface area contributed by atoms with Gasteiger partial charge in [-0.25, -0.2) is 4.98 Å². The smallest absolute Gasteiger partial charge is 0.226 e. The zero-order valence-electron chi connectivity index (χ0n) is 22.5. The van der Waals surface area contributed by atoms with Crippen molar-refractivity contribution in [1.82, 2.24) is 4.98 Å². The molecule has 196 valence electrons. The molecular formula is C32H46N2OS. The molecule has 0 aliphatic rings. The van der Waals surface area contributed by atoms with Crippen molar-refractivity contribution in [2.45, 2.75) is 129 Å². The Morgan fingerprint density at radius 3 is 1.86 bits per heavy atom. The molecule has 1 aromatic carbocycles. The number of anilines is 1. The molecule has 2 aromatic rings. The highest BCUT2D eigenvalue weighted by atomic mass is 32.1. The van der Waals surface area contributed by atoms with Crippen LogP contribution in [0.2, 0.25) is 0 Å². The van der Waals surface area contributed by atoms with E-state index in [-0.39, 0.29) is 5.91 Å². The van der Waals surface area contributed by atoms with Crippen molar-refractivity contribution in [2.24, 2.45) is 0 Å². The van der Waals surface area contributed by atoms with Gasteiger partial charge in [-0.3, -0.25) is 4.79 Å². The van der Waals surface area contributed by atoms with Gasteiger partial charge in [0.1, 0.15) is 0 Å². The fourth-order valence-electron chi connectivity index (χ4n) is 4.23. The van der Waals surface area contributed by atoms with Crippen LogP contribution in [0.3, 0.4) is 0 Å². The zero-order chi connectivity index (χ0) is 25.5. The Balaban J connectivity index is 1.34. The van der Waals surface area contributed by atoms with Crippen LogP contribution in [0.4, 0.5) is 5.13 Å². The number of nitrogens with one attached hydrogen (secondary N) is 1. The summed E-state index contributed by atoms with van der Waals surface area (Å²) in [6.45, 7) is 2.28. The zero-order valence-corrected chi connectivity index (χ0v) is 23.3. The fraction of sp³-hybridized carbons (Fsp3) is 0.625. The van der Waals surface area contributed by atoms with E-state index in [1.54, 1.807) is 0 Å². The van der Waals surface area contributed by atoms with E-state index in [2.05, 4.69) is 40.9 Å². The number of aromatic nitrogens is 1. The summed E-state index contributed by atoms with van der Waals surface area (Å²) in [4.78, 5) is 16.6. The maximum atomic E-state index is 12.1. The Morgan fingerprint density at radius 2 is 1.28 bits per heavy atom. The number of benzene rings is 1. The first-order valence-electron chi connectivity index (χ1n) is 14.4. The van der Waals surface area contributed by atoms with E-state index in [1.165, 1.54) is 94.8 Å². The molecule has 0 aliphatic carbocycles. The quantitative estimate of drug-likeness (QED) is 0.152. The lowest BCUT2D eigenvalue weighted by Crippen LogP contribution is -2.10. The van der Waals surface area contributed by atoms with Gasteiger partial charge in [0.25, 0.3) is 0 Å². The molecule has 0 fully saturated rings. The third-order valence-corrected chi connectivity index (χ3v) is 7.34. The van der Waals surface area contributed by atoms with Gasteiger partial charge in [0.2, 0.25) is 5.91 Å². The Labute approximate surface area is 224 Å². The van der Waals surface area contributed by atoms with Gasteiger partial charge in [0.15, 0.2) is 5.13 Å². The second-order valence-electron chi connectivity index (χ2n) is 9.69. The molecule has 0 unspecified atom stereocenters. The molecule has 0 atom stereocenters. The Kier molecular flexibility index (Phi) is 17.3. The minimum atomic E-state index is 0.0682. The summed E-state index contributed by atoms with van der Waals surface area (Å²) in [5.74, 6) is 12.5. The summed E-state index contributed by atoms with van der Waals surface area (Å²) in [7, 11) is 0. The summed E-state index contributed by atoms with van der Waals surface area (Å²) < 4.78 is 1.11. The second-order valence-corrected chi connectivity index (χ2v) is 10.7. The number of rotatable bonds is 19. The number of para-hydroxylation sites is 1. The van der Waals surface area contributed by atoms with E-state index in [0.717, 1.165) is 42.3 Å². The van der Waals surface area contributed by atoms with Gasteiger partial charge in [-0.1, -0.05) is 126 Å². The van der Waals surface area contributed by atoms with Crippen LogP contribution in [0.15, 0.2) is 24.3 Å². The van der Waals surface area contributed by atoms with Crippen molar-refractivity contribution in [3.05, 3.63) is 24.3 Å². The van der Waals surface area contributed by atoms with Gasteiger partial charge in [0, 0.05) is 19.3 Å². The van der Waals surface area contributed by atoms with E-state index in [0.29, 0.717) is 11.6 Å². The number of hydrogen-bond donors (Lipinski definition) is 1. The number of carbonyl (C=O) groups is 1. The van der Waals surface area contributed by atoms with E-state index >= 15 is 0 Å². The molecule has 3 nitrogen and oxygen atoms in total. The third kappa shape index (κ3) is 15.0. The normalized spacial score (nSPS) is 10.5. The van der Waals surface area contributed by atoms with Crippen molar-refractivity contribution >= 4 is 32.6 Å². The molecular weight excluding hydrogens is 460 g/mol. The van der Waals surface area contributed by atoms with Crippen LogP contribution in [0, 0.1) is 23.7 Å². The number of fused-ring (bicyclic) bond motifs is 1. The monoisotopic (exact) mass is 506 g/mol. The molecule has 0 bridgehead atoms. The molecule has 1 N–H and O–H groups in total. The molecule has 4 heteroatoms. The van der Waals surface area contributed by atoms with Crippen molar-refractivity contribution in [3.63, 3.8) is 0 Å². The van der Waals surface area contributed by atoms with Crippen LogP contribution >= 0.6 is 11.3 Å². The first-order chi connectivity index (χ1) is 17.8. The van der Waals surface area contributed by atoms with Crippen molar-refractivity contribution in [2.75, 3.05) is 5.32 Å². The van der Waals surface area contributed by atoms with Gasteiger partial charge in [-0.2, -0.15) is 0 Å². The molecule has 1 amide bonds. The molecule has 36 heavy (non-hydrogen) atoms. The van der Waals surface area contributed by atoms with Gasteiger partial charge in [0.05, 0.1) is 10.2 Å². The highest BCUT2D eigenvalue weighted by Crippen LogP contribution is 2.25. The SMILES string of the molecule is CCCCCCCCCCCCC#CC#CCCCCCCCCC(=O)Nc1nc2ccccc2s1. The topological polar surface area (TPSA) is 42.0 Å².